The van der Waals surface area contributed by atoms with Gasteiger partial charge in [0.1, 0.15) is 0 Å². The molecule has 0 bridgehead atoms. The lowest BCUT2D eigenvalue weighted by Crippen LogP contribution is -1.97. The number of rotatable bonds is 3. The molecular formula is C20H20N2. The van der Waals surface area contributed by atoms with Gasteiger partial charge in [-0.05, 0) is 43.0 Å². The molecule has 0 N–H and O–H groups in total. The lowest BCUT2D eigenvalue weighted by Gasteiger charge is -2.16. The average Bonchev–Trinajstić information content (AvgIpc) is 2.56. The second-order valence-corrected chi connectivity index (χ2v) is 5.65. The molecule has 0 radical (unpaired) electrons. The molecule has 3 rings (SSSR count). The van der Waals surface area contributed by atoms with Gasteiger partial charge in [-0.1, -0.05) is 60.7 Å². The van der Waals surface area contributed by atoms with Crippen LogP contribution in [0.1, 0.15) is 29.0 Å². The second kappa shape index (κ2) is 6.52. The summed E-state index contributed by atoms with van der Waals surface area (Å²) in [4.78, 5) is 0. The van der Waals surface area contributed by atoms with Gasteiger partial charge in [0.15, 0.2) is 0 Å². The molecule has 0 amide bonds. The zero-order chi connectivity index (χ0) is 15.4. The van der Waals surface area contributed by atoms with Crippen LogP contribution < -0.4 is 0 Å². The minimum atomic E-state index is 0.385. The Kier molecular flexibility index (Phi) is 4.29. The zero-order valence-electron chi connectivity index (χ0n) is 13.0. The Morgan fingerprint density at radius 2 is 1.68 bits per heavy atom. The highest BCUT2D eigenvalue weighted by atomic mass is 15.1. The topological polar surface area (TPSA) is 24.7 Å². The van der Waals surface area contributed by atoms with Gasteiger partial charge in [0.25, 0.3) is 0 Å². The van der Waals surface area contributed by atoms with Gasteiger partial charge in [0.05, 0.1) is 11.4 Å². The fraction of sp³-hybridized carbons (Fsp3) is 0.200. The summed E-state index contributed by atoms with van der Waals surface area (Å²) in [5.41, 5.74) is 5.48. The third-order valence-electron chi connectivity index (χ3n) is 4.02. The van der Waals surface area contributed by atoms with Crippen molar-refractivity contribution < 1.29 is 0 Å². The summed E-state index contributed by atoms with van der Waals surface area (Å²) in [6.07, 6.45) is 9.67. The molecule has 22 heavy (non-hydrogen) atoms. The maximum absolute atomic E-state index is 4.58. The molecule has 0 heterocycles. The molecule has 1 aliphatic rings. The summed E-state index contributed by atoms with van der Waals surface area (Å²) in [7, 11) is 0. The van der Waals surface area contributed by atoms with Crippen molar-refractivity contribution in [2.75, 3.05) is 0 Å². The molecule has 1 unspecified atom stereocenters. The van der Waals surface area contributed by atoms with E-state index < -0.39 is 0 Å². The van der Waals surface area contributed by atoms with Crippen molar-refractivity contribution >= 4 is 11.4 Å². The largest absolute Gasteiger partial charge is 0.150 e. The van der Waals surface area contributed by atoms with E-state index in [0.717, 1.165) is 28.9 Å². The molecule has 2 aromatic rings. The molecule has 0 aliphatic heterocycles. The van der Waals surface area contributed by atoms with E-state index in [0.29, 0.717) is 5.92 Å². The van der Waals surface area contributed by atoms with E-state index in [1.165, 1.54) is 5.56 Å². The lowest BCUT2D eigenvalue weighted by molar-refractivity contribution is 0.850. The number of hydrogen-bond donors (Lipinski definition) is 0. The smallest absolute Gasteiger partial charge is 0.0924 e. The Balaban J connectivity index is 1.98. The lowest BCUT2D eigenvalue weighted by atomic mass is 9.90. The summed E-state index contributed by atoms with van der Waals surface area (Å²) in [6.45, 7) is 4.15. The highest BCUT2D eigenvalue weighted by molar-refractivity contribution is 5.56. The quantitative estimate of drug-likeness (QED) is 0.590. The summed E-state index contributed by atoms with van der Waals surface area (Å²) >= 11 is 0. The predicted molar refractivity (Wildman–Crippen MR) is 92.2 cm³/mol. The Morgan fingerprint density at radius 1 is 0.864 bits per heavy atom. The van der Waals surface area contributed by atoms with Crippen LogP contribution in [0.2, 0.25) is 0 Å². The Hall–Kier alpha value is -2.48. The normalized spacial score (nSPS) is 17.3. The average molecular weight is 288 g/mol. The van der Waals surface area contributed by atoms with Crippen molar-refractivity contribution in [2.45, 2.75) is 26.2 Å². The second-order valence-electron chi connectivity index (χ2n) is 5.65. The minimum absolute atomic E-state index is 0.385. The van der Waals surface area contributed by atoms with Gasteiger partial charge >= 0.3 is 0 Å². The molecular weight excluding hydrogens is 268 g/mol. The molecule has 1 aliphatic carbocycles. The number of azo groups is 1. The first-order chi connectivity index (χ1) is 10.8. The molecule has 0 fully saturated rings. The monoisotopic (exact) mass is 288 g/mol. The first-order valence-corrected chi connectivity index (χ1v) is 7.66. The van der Waals surface area contributed by atoms with Crippen LogP contribution in [-0.4, -0.2) is 0 Å². The van der Waals surface area contributed by atoms with Crippen molar-refractivity contribution in [3.05, 3.63) is 83.5 Å². The van der Waals surface area contributed by atoms with Crippen LogP contribution >= 0.6 is 0 Å². The minimum Gasteiger partial charge on any atom is -0.150 e. The number of benzene rings is 2. The van der Waals surface area contributed by atoms with Crippen molar-refractivity contribution in [2.24, 2.45) is 10.2 Å². The van der Waals surface area contributed by atoms with E-state index in [2.05, 4.69) is 72.6 Å². The number of allylic oxidation sites excluding steroid dienone is 4. The Bertz CT molecular complexity index is 754. The molecule has 0 saturated heterocycles. The summed E-state index contributed by atoms with van der Waals surface area (Å²) in [5, 5.41) is 9.05. The maximum Gasteiger partial charge on any atom is 0.0924 e. The Labute approximate surface area is 131 Å². The van der Waals surface area contributed by atoms with Gasteiger partial charge in [-0.3, -0.25) is 0 Å². The van der Waals surface area contributed by atoms with Gasteiger partial charge < -0.3 is 0 Å². The molecule has 110 valence electrons. The van der Waals surface area contributed by atoms with Gasteiger partial charge in [0.2, 0.25) is 0 Å². The fourth-order valence-corrected chi connectivity index (χ4v) is 2.71. The van der Waals surface area contributed by atoms with Crippen LogP contribution in [-0.2, 0) is 0 Å². The summed E-state index contributed by atoms with van der Waals surface area (Å²) in [5.74, 6) is 0.385. The highest BCUT2D eigenvalue weighted by Crippen LogP contribution is 2.35. The molecule has 1 atom stereocenters. The van der Waals surface area contributed by atoms with Crippen molar-refractivity contribution in [3.8, 4) is 0 Å². The van der Waals surface area contributed by atoms with Crippen LogP contribution in [0.25, 0.3) is 0 Å². The molecule has 2 aromatic carbocycles. The van der Waals surface area contributed by atoms with Gasteiger partial charge in [-0.15, -0.1) is 5.11 Å². The van der Waals surface area contributed by atoms with Crippen molar-refractivity contribution in [3.63, 3.8) is 0 Å². The number of aryl methyl sites for hydroxylation is 2. The third-order valence-corrected chi connectivity index (χ3v) is 4.02. The van der Waals surface area contributed by atoms with E-state index in [1.54, 1.807) is 0 Å². The highest BCUT2D eigenvalue weighted by Gasteiger charge is 2.14. The molecule has 0 saturated carbocycles. The van der Waals surface area contributed by atoms with E-state index in [1.807, 2.05) is 18.2 Å². The van der Waals surface area contributed by atoms with E-state index in [-0.39, 0.29) is 0 Å². The SMILES string of the molecule is Cc1ccccc1N=Nc1c(C)cccc1C1C=CC=CC1. The van der Waals surface area contributed by atoms with Crippen molar-refractivity contribution in [1.29, 1.82) is 0 Å². The first-order valence-electron chi connectivity index (χ1n) is 7.66. The Morgan fingerprint density at radius 3 is 2.45 bits per heavy atom. The van der Waals surface area contributed by atoms with Crippen LogP contribution in [0.5, 0.6) is 0 Å². The predicted octanol–water partition coefficient (Wildman–Crippen LogP) is 6.32. The van der Waals surface area contributed by atoms with E-state index in [9.17, 15) is 0 Å². The summed E-state index contributed by atoms with van der Waals surface area (Å²) in [6, 6.07) is 14.4. The fourth-order valence-electron chi connectivity index (χ4n) is 2.71. The molecule has 0 aromatic heterocycles. The third kappa shape index (κ3) is 3.06. The number of nitrogens with zero attached hydrogens (tertiary/aromatic N) is 2. The van der Waals surface area contributed by atoms with E-state index >= 15 is 0 Å². The van der Waals surface area contributed by atoms with Crippen LogP contribution in [0.3, 0.4) is 0 Å². The van der Waals surface area contributed by atoms with Gasteiger partial charge in [-0.25, -0.2) is 0 Å². The standard InChI is InChI=1S/C20H20N2/c1-15-9-6-7-14-19(15)21-22-20-16(2)10-8-13-18(20)17-11-4-3-5-12-17/h3-11,13-14,17H,12H2,1-2H3. The van der Waals surface area contributed by atoms with Crippen LogP contribution in [0.4, 0.5) is 11.4 Å². The summed E-state index contributed by atoms with van der Waals surface area (Å²) < 4.78 is 0. The maximum atomic E-state index is 4.58. The first kappa shape index (κ1) is 14.5. The van der Waals surface area contributed by atoms with Gasteiger partial charge in [-0.2, -0.15) is 5.11 Å². The van der Waals surface area contributed by atoms with Crippen LogP contribution in [0.15, 0.2) is 77.0 Å². The molecule has 0 spiro atoms. The molecule has 2 heteroatoms. The zero-order valence-corrected chi connectivity index (χ0v) is 13.0. The van der Waals surface area contributed by atoms with E-state index in [4.69, 9.17) is 0 Å². The van der Waals surface area contributed by atoms with Crippen LogP contribution in [0, 0.1) is 13.8 Å². The van der Waals surface area contributed by atoms with Gasteiger partial charge in [0, 0.05) is 5.92 Å². The van der Waals surface area contributed by atoms with Crippen molar-refractivity contribution in [1.82, 2.24) is 0 Å². The number of hydrogen-bond acceptors (Lipinski definition) is 2. The molecule has 2 nitrogen and oxygen atoms in total.